The first-order valence-electron chi connectivity index (χ1n) is 5.83. The van der Waals surface area contributed by atoms with E-state index in [-0.39, 0.29) is 5.76 Å². The van der Waals surface area contributed by atoms with E-state index in [0.29, 0.717) is 18.2 Å². The monoisotopic (exact) mass is 245 g/mol. The van der Waals surface area contributed by atoms with Crippen molar-refractivity contribution in [2.45, 2.75) is 20.8 Å². The van der Waals surface area contributed by atoms with E-state index in [1.807, 2.05) is 31.2 Å². The summed E-state index contributed by atoms with van der Waals surface area (Å²) in [4.78, 5) is 15.9. The maximum atomic E-state index is 11.6. The fourth-order valence-corrected chi connectivity index (χ4v) is 1.60. The number of rotatable bonds is 3. The first-order chi connectivity index (χ1) is 8.61. The fourth-order valence-electron chi connectivity index (χ4n) is 1.60. The molecular weight excluding hydrogens is 230 g/mol. The first kappa shape index (κ1) is 12.4. The molecule has 0 atom stereocenters. The molecule has 0 aliphatic carbocycles. The number of hydrogen-bond acceptors (Lipinski definition) is 4. The molecule has 0 aliphatic heterocycles. The maximum absolute atomic E-state index is 11.6. The van der Waals surface area contributed by atoms with E-state index in [4.69, 9.17) is 9.15 Å². The van der Waals surface area contributed by atoms with Crippen LogP contribution in [0.3, 0.4) is 0 Å². The van der Waals surface area contributed by atoms with Crippen LogP contribution in [0.25, 0.3) is 11.5 Å². The second-order valence-corrected chi connectivity index (χ2v) is 4.02. The lowest BCUT2D eigenvalue weighted by Crippen LogP contribution is -2.04. The van der Waals surface area contributed by atoms with E-state index in [1.165, 1.54) is 0 Å². The average molecular weight is 245 g/mol. The molecule has 0 N–H and O–H groups in total. The molecule has 0 saturated heterocycles. The molecule has 0 saturated carbocycles. The lowest BCUT2D eigenvalue weighted by molar-refractivity contribution is 0.0490. The number of aryl methyl sites for hydroxylation is 2. The summed E-state index contributed by atoms with van der Waals surface area (Å²) in [6, 6.07) is 7.77. The standard InChI is InChI=1S/C14H15NO3/c1-4-17-14(16)12-10(3)15-13(18-12)11-7-5-9(2)6-8-11/h5-8H,4H2,1-3H3. The van der Waals surface area contributed by atoms with Crippen molar-refractivity contribution in [1.29, 1.82) is 0 Å². The summed E-state index contributed by atoms with van der Waals surface area (Å²) in [5, 5.41) is 0. The number of carbonyl (C=O) groups excluding carboxylic acids is 1. The van der Waals surface area contributed by atoms with Crippen molar-refractivity contribution in [3.63, 3.8) is 0 Å². The Kier molecular flexibility index (Phi) is 3.46. The Hall–Kier alpha value is -2.10. The smallest absolute Gasteiger partial charge is 0.376 e. The van der Waals surface area contributed by atoms with Gasteiger partial charge < -0.3 is 9.15 Å². The van der Waals surface area contributed by atoms with E-state index in [2.05, 4.69) is 4.98 Å². The summed E-state index contributed by atoms with van der Waals surface area (Å²) < 4.78 is 10.4. The number of carbonyl (C=O) groups is 1. The molecule has 4 nitrogen and oxygen atoms in total. The van der Waals surface area contributed by atoms with Gasteiger partial charge in [-0.3, -0.25) is 0 Å². The minimum Gasteiger partial charge on any atom is -0.460 e. The van der Waals surface area contributed by atoms with Gasteiger partial charge in [0.15, 0.2) is 0 Å². The van der Waals surface area contributed by atoms with Gasteiger partial charge >= 0.3 is 5.97 Å². The Labute approximate surface area is 106 Å². The molecule has 2 aromatic rings. The van der Waals surface area contributed by atoms with E-state index in [1.54, 1.807) is 13.8 Å². The summed E-state index contributed by atoms with van der Waals surface area (Å²) in [6.45, 7) is 5.81. The average Bonchev–Trinajstić information content (AvgIpc) is 2.72. The van der Waals surface area contributed by atoms with Gasteiger partial charge in [-0.1, -0.05) is 17.7 Å². The Balaban J connectivity index is 2.34. The van der Waals surface area contributed by atoms with E-state index >= 15 is 0 Å². The van der Waals surface area contributed by atoms with E-state index in [9.17, 15) is 4.79 Å². The molecule has 4 heteroatoms. The largest absolute Gasteiger partial charge is 0.460 e. The van der Waals surface area contributed by atoms with Crippen LogP contribution in [0.1, 0.15) is 28.7 Å². The van der Waals surface area contributed by atoms with Crippen LogP contribution in [0.15, 0.2) is 28.7 Å². The highest BCUT2D eigenvalue weighted by Crippen LogP contribution is 2.22. The number of oxazole rings is 1. The number of aromatic nitrogens is 1. The van der Waals surface area contributed by atoms with Gasteiger partial charge in [0.05, 0.1) is 12.3 Å². The minimum absolute atomic E-state index is 0.174. The van der Waals surface area contributed by atoms with Gasteiger partial charge in [0.2, 0.25) is 11.7 Å². The molecule has 0 radical (unpaired) electrons. The second kappa shape index (κ2) is 5.04. The quantitative estimate of drug-likeness (QED) is 0.779. The molecule has 0 unspecified atom stereocenters. The van der Waals surface area contributed by atoms with Crippen molar-refractivity contribution < 1.29 is 13.9 Å². The molecule has 0 aliphatic rings. The fraction of sp³-hybridized carbons (Fsp3) is 0.286. The Morgan fingerprint density at radius 3 is 2.56 bits per heavy atom. The van der Waals surface area contributed by atoms with Gasteiger partial charge in [-0.15, -0.1) is 0 Å². The zero-order chi connectivity index (χ0) is 13.1. The second-order valence-electron chi connectivity index (χ2n) is 4.02. The molecule has 2 rings (SSSR count). The summed E-state index contributed by atoms with van der Waals surface area (Å²) in [5.41, 5.74) is 2.55. The molecule has 1 aromatic carbocycles. The van der Waals surface area contributed by atoms with Crippen molar-refractivity contribution in [1.82, 2.24) is 4.98 Å². The first-order valence-corrected chi connectivity index (χ1v) is 5.83. The normalized spacial score (nSPS) is 10.4. The van der Waals surface area contributed by atoms with Gasteiger partial charge in [-0.2, -0.15) is 0 Å². The van der Waals surface area contributed by atoms with Crippen molar-refractivity contribution >= 4 is 5.97 Å². The number of esters is 1. The highest BCUT2D eigenvalue weighted by molar-refractivity contribution is 5.87. The van der Waals surface area contributed by atoms with Gasteiger partial charge in [0.1, 0.15) is 0 Å². The lowest BCUT2D eigenvalue weighted by atomic mass is 10.1. The molecule has 18 heavy (non-hydrogen) atoms. The molecule has 1 heterocycles. The SMILES string of the molecule is CCOC(=O)c1oc(-c2ccc(C)cc2)nc1C. The molecule has 0 fully saturated rings. The van der Waals surface area contributed by atoms with E-state index < -0.39 is 5.97 Å². The third-order valence-corrected chi connectivity index (χ3v) is 2.56. The third-order valence-electron chi connectivity index (χ3n) is 2.56. The van der Waals surface area contributed by atoms with Crippen molar-refractivity contribution in [3.05, 3.63) is 41.3 Å². The number of benzene rings is 1. The van der Waals surface area contributed by atoms with Crippen LogP contribution in [-0.4, -0.2) is 17.6 Å². The van der Waals surface area contributed by atoms with Gasteiger partial charge in [0, 0.05) is 5.56 Å². The van der Waals surface area contributed by atoms with Gasteiger partial charge in [0.25, 0.3) is 0 Å². The van der Waals surface area contributed by atoms with E-state index in [0.717, 1.165) is 11.1 Å². The van der Waals surface area contributed by atoms with Crippen LogP contribution in [0.4, 0.5) is 0 Å². The molecule has 0 bridgehead atoms. The summed E-state index contributed by atoms with van der Waals surface area (Å²) >= 11 is 0. The molecule has 0 amide bonds. The summed E-state index contributed by atoms with van der Waals surface area (Å²) in [5.74, 6) is 0.142. The molecule has 1 aromatic heterocycles. The van der Waals surface area contributed by atoms with Crippen LogP contribution in [0, 0.1) is 13.8 Å². The molecular formula is C14H15NO3. The predicted octanol–water partition coefficient (Wildman–Crippen LogP) is 3.14. The molecule has 94 valence electrons. The summed E-state index contributed by atoms with van der Waals surface area (Å²) in [7, 11) is 0. The zero-order valence-electron chi connectivity index (χ0n) is 10.7. The Bertz CT molecular complexity index is 555. The number of ether oxygens (including phenoxy) is 1. The van der Waals surface area contributed by atoms with Gasteiger partial charge in [-0.05, 0) is 32.9 Å². The highest BCUT2D eigenvalue weighted by Gasteiger charge is 2.19. The van der Waals surface area contributed by atoms with Gasteiger partial charge in [-0.25, -0.2) is 9.78 Å². The third kappa shape index (κ3) is 2.42. The van der Waals surface area contributed by atoms with Crippen LogP contribution in [0.2, 0.25) is 0 Å². The Morgan fingerprint density at radius 2 is 1.94 bits per heavy atom. The van der Waals surface area contributed by atoms with Crippen LogP contribution in [0.5, 0.6) is 0 Å². The zero-order valence-corrected chi connectivity index (χ0v) is 10.7. The lowest BCUT2D eigenvalue weighted by Gasteiger charge is -1.98. The van der Waals surface area contributed by atoms with Crippen molar-refractivity contribution in [3.8, 4) is 11.5 Å². The number of hydrogen-bond donors (Lipinski definition) is 0. The van der Waals surface area contributed by atoms with Crippen molar-refractivity contribution in [2.75, 3.05) is 6.61 Å². The maximum Gasteiger partial charge on any atom is 0.376 e. The topological polar surface area (TPSA) is 52.3 Å². The highest BCUT2D eigenvalue weighted by atomic mass is 16.5. The van der Waals surface area contributed by atoms with Crippen LogP contribution >= 0.6 is 0 Å². The molecule has 0 spiro atoms. The Morgan fingerprint density at radius 1 is 1.28 bits per heavy atom. The predicted molar refractivity (Wildman–Crippen MR) is 67.4 cm³/mol. The van der Waals surface area contributed by atoms with Crippen LogP contribution < -0.4 is 0 Å². The summed E-state index contributed by atoms with van der Waals surface area (Å²) in [6.07, 6.45) is 0. The van der Waals surface area contributed by atoms with Crippen LogP contribution in [-0.2, 0) is 4.74 Å². The van der Waals surface area contributed by atoms with Crippen molar-refractivity contribution in [2.24, 2.45) is 0 Å². The number of nitrogens with zero attached hydrogens (tertiary/aromatic N) is 1. The minimum atomic E-state index is -0.471.